The highest BCUT2D eigenvalue weighted by Gasteiger charge is 2.13. The Kier molecular flexibility index (Phi) is 6.84. The van der Waals surface area contributed by atoms with Gasteiger partial charge in [0.15, 0.2) is 0 Å². The third-order valence-corrected chi connectivity index (χ3v) is 3.30. The predicted octanol–water partition coefficient (Wildman–Crippen LogP) is 2.26. The second kappa shape index (κ2) is 8.15. The minimum Gasteiger partial charge on any atom is -0.496 e. The molecule has 0 bridgehead atoms. The van der Waals surface area contributed by atoms with E-state index in [0.29, 0.717) is 6.61 Å². The van der Waals surface area contributed by atoms with E-state index in [2.05, 4.69) is 25.2 Å². The molecular weight excluding hydrogens is 242 g/mol. The molecule has 0 radical (unpaired) electrons. The number of aliphatic hydroxyl groups is 1. The molecule has 19 heavy (non-hydrogen) atoms. The number of aliphatic hydroxyl groups excluding tert-OH is 1. The van der Waals surface area contributed by atoms with Crippen molar-refractivity contribution in [1.29, 1.82) is 0 Å². The molecule has 1 rings (SSSR count). The van der Waals surface area contributed by atoms with Gasteiger partial charge in [-0.1, -0.05) is 13.0 Å². The topological polar surface area (TPSA) is 50.7 Å². The summed E-state index contributed by atoms with van der Waals surface area (Å²) in [6, 6.07) is 6.40. The van der Waals surface area contributed by atoms with E-state index >= 15 is 0 Å². The van der Waals surface area contributed by atoms with Gasteiger partial charge in [0.1, 0.15) is 5.75 Å². The first-order valence-corrected chi connectivity index (χ1v) is 6.68. The molecular formula is C15H25NO3. The van der Waals surface area contributed by atoms with Crippen LogP contribution in [0.25, 0.3) is 0 Å². The van der Waals surface area contributed by atoms with E-state index in [-0.39, 0.29) is 18.7 Å². The largest absolute Gasteiger partial charge is 0.496 e. The number of methoxy groups -OCH3 is 2. The first-order valence-electron chi connectivity index (χ1n) is 6.68. The molecule has 0 aliphatic heterocycles. The number of nitrogens with one attached hydrogen (secondary N) is 1. The highest BCUT2D eigenvalue weighted by molar-refractivity contribution is 5.38. The Morgan fingerprint density at radius 2 is 2.05 bits per heavy atom. The van der Waals surface area contributed by atoms with Gasteiger partial charge in [-0.3, -0.25) is 0 Å². The lowest BCUT2D eigenvalue weighted by molar-refractivity contribution is 0.181. The molecule has 4 heteroatoms. The summed E-state index contributed by atoms with van der Waals surface area (Å²) >= 11 is 0. The SMILES string of the molecule is CC[C@H](CO)NC(C)c1ccc(OC)c(COC)c1. The molecule has 108 valence electrons. The number of hydrogen-bond acceptors (Lipinski definition) is 4. The fourth-order valence-electron chi connectivity index (χ4n) is 2.09. The third-order valence-electron chi connectivity index (χ3n) is 3.30. The van der Waals surface area contributed by atoms with E-state index in [1.165, 1.54) is 5.56 Å². The fraction of sp³-hybridized carbons (Fsp3) is 0.600. The smallest absolute Gasteiger partial charge is 0.124 e. The Labute approximate surface area is 115 Å². The molecule has 1 unspecified atom stereocenters. The predicted molar refractivity (Wildman–Crippen MR) is 76.4 cm³/mol. The van der Waals surface area contributed by atoms with Crippen molar-refractivity contribution in [3.63, 3.8) is 0 Å². The average molecular weight is 267 g/mol. The van der Waals surface area contributed by atoms with Gasteiger partial charge in [0, 0.05) is 24.8 Å². The molecule has 2 N–H and O–H groups in total. The van der Waals surface area contributed by atoms with E-state index in [1.54, 1.807) is 14.2 Å². The highest BCUT2D eigenvalue weighted by atomic mass is 16.5. The highest BCUT2D eigenvalue weighted by Crippen LogP contribution is 2.24. The number of hydrogen-bond donors (Lipinski definition) is 2. The van der Waals surface area contributed by atoms with Gasteiger partial charge < -0.3 is 19.9 Å². The van der Waals surface area contributed by atoms with Gasteiger partial charge in [0.2, 0.25) is 0 Å². The molecule has 0 spiro atoms. The summed E-state index contributed by atoms with van der Waals surface area (Å²) in [6.07, 6.45) is 0.905. The number of ether oxygens (including phenoxy) is 2. The van der Waals surface area contributed by atoms with Gasteiger partial charge in [0.05, 0.1) is 20.3 Å². The van der Waals surface area contributed by atoms with Crippen molar-refractivity contribution in [2.45, 2.75) is 39.0 Å². The summed E-state index contributed by atoms with van der Waals surface area (Å²) in [5, 5.41) is 12.6. The normalized spacial score (nSPS) is 14.2. The standard InChI is InChI=1S/C15H25NO3/c1-5-14(9-17)16-11(2)12-6-7-15(19-4)13(8-12)10-18-3/h6-8,11,14,16-17H,5,9-10H2,1-4H3/t11?,14-/m1/s1. The van der Waals surface area contributed by atoms with Crippen LogP contribution < -0.4 is 10.1 Å². The molecule has 0 saturated heterocycles. The van der Waals surface area contributed by atoms with Crippen molar-refractivity contribution in [2.75, 3.05) is 20.8 Å². The Balaban J connectivity index is 2.85. The van der Waals surface area contributed by atoms with E-state index in [4.69, 9.17) is 9.47 Å². The van der Waals surface area contributed by atoms with Crippen molar-refractivity contribution in [1.82, 2.24) is 5.32 Å². The Morgan fingerprint density at radius 1 is 1.32 bits per heavy atom. The Morgan fingerprint density at radius 3 is 2.58 bits per heavy atom. The lowest BCUT2D eigenvalue weighted by atomic mass is 10.0. The summed E-state index contributed by atoms with van der Waals surface area (Å²) in [5.41, 5.74) is 2.20. The van der Waals surface area contributed by atoms with Crippen LogP contribution in [-0.2, 0) is 11.3 Å². The van der Waals surface area contributed by atoms with Crippen molar-refractivity contribution in [3.05, 3.63) is 29.3 Å². The van der Waals surface area contributed by atoms with Crippen LogP contribution in [0.15, 0.2) is 18.2 Å². The molecule has 2 atom stereocenters. The first kappa shape index (κ1) is 16.0. The van der Waals surface area contributed by atoms with E-state index in [9.17, 15) is 5.11 Å². The Hall–Kier alpha value is -1.10. The van der Waals surface area contributed by atoms with Crippen LogP contribution >= 0.6 is 0 Å². The molecule has 1 aromatic carbocycles. The molecule has 0 heterocycles. The van der Waals surface area contributed by atoms with Crippen LogP contribution in [0.1, 0.15) is 37.4 Å². The van der Waals surface area contributed by atoms with Crippen LogP contribution in [0.4, 0.5) is 0 Å². The van der Waals surface area contributed by atoms with Gasteiger partial charge in [-0.05, 0) is 31.0 Å². The number of rotatable bonds is 8. The third kappa shape index (κ3) is 4.49. The summed E-state index contributed by atoms with van der Waals surface area (Å²) in [4.78, 5) is 0. The van der Waals surface area contributed by atoms with Gasteiger partial charge >= 0.3 is 0 Å². The maximum Gasteiger partial charge on any atom is 0.124 e. The van der Waals surface area contributed by atoms with Crippen molar-refractivity contribution < 1.29 is 14.6 Å². The van der Waals surface area contributed by atoms with Crippen molar-refractivity contribution >= 4 is 0 Å². The van der Waals surface area contributed by atoms with E-state index in [0.717, 1.165) is 17.7 Å². The van der Waals surface area contributed by atoms with Crippen LogP contribution in [0.2, 0.25) is 0 Å². The molecule has 0 aliphatic carbocycles. The molecule has 0 saturated carbocycles. The zero-order valence-corrected chi connectivity index (χ0v) is 12.3. The van der Waals surface area contributed by atoms with Crippen LogP contribution in [-0.4, -0.2) is 32.0 Å². The van der Waals surface area contributed by atoms with Crippen LogP contribution in [0.5, 0.6) is 5.75 Å². The molecule has 4 nitrogen and oxygen atoms in total. The molecule has 0 aromatic heterocycles. The van der Waals surface area contributed by atoms with E-state index < -0.39 is 0 Å². The summed E-state index contributed by atoms with van der Waals surface area (Å²) < 4.78 is 10.5. The molecule has 0 fully saturated rings. The lowest BCUT2D eigenvalue weighted by Crippen LogP contribution is -2.33. The zero-order chi connectivity index (χ0) is 14.3. The minimum absolute atomic E-state index is 0.128. The quantitative estimate of drug-likeness (QED) is 0.758. The van der Waals surface area contributed by atoms with Crippen molar-refractivity contribution in [2.24, 2.45) is 0 Å². The molecule has 0 aliphatic rings. The second-order valence-corrected chi connectivity index (χ2v) is 4.68. The summed E-state index contributed by atoms with van der Waals surface area (Å²) in [6.45, 7) is 4.84. The van der Waals surface area contributed by atoms with Crippen molar-refractivity contribution in [3.8, 4) is 5.75 Å². The summed E-state index contributed by atoms with van der Waals surface area (Å²) in [7, 11) is 3.33. The number of benzene rings is 1. The van der Waals surface area contributed by atoms with Gasteiger partial charge in [-0.15, -0.1) is 0 Å². The zero-order valence-electron chi connectivity index (χ0n) is 12.3. The Bertz CT molecular complexity index is 378. The maximum atomic E-state index is 9.24. The first-order chi connectivity index (χ1) is 9.15. The maximum absolute atomic E-state index is 9.24. The summed E-state index contributed by atoms with van der Waals surface area (Å²) in [5.74, 6) is 0.840. The van der Waals surface area contributed by atoms with Gasteiger partial charge in [0.25, 0.3) is 0 Å². The van der Waals surface area contributed by atoms with Crippen LogP contribution in [0.3, 0.4) is 0 Å². The lowest BCUT2D eigenvalue weighted by Gasteiger charge is -2.22. The fourth-order valence-corrected chi connectivity index (χ4v) is 2.09. The van der Waals surface area contributed by atoms with Gasteiger partial charge in [-0.25, -0.2) is 0 Å². The molecule has 1 aromatic rings. The second-order valence-electron chi connectivity index (χ2n) is 4.68. The average Bonchev–Trinajstić information content (AvgIpc) is 2.44. The van der Waals surface area contributed by atoms with E-state index in [1.807, 2.05) is 12.1 Å². The molecule has 0 amide bonds. The minimum atomic E-state index is 0.128. The monoisotopic (exact) mass is 267 g/mol. The van der Waals surface area contributed by atoms with Crippen LogP contribution in [0, 0.1) is 0 Å². The van der Waals surface area contributed by atoms with Gasteiger partial charge in [-0.2, -0.15) is 0 Å².